The number of nitrogens with zero attached hydrogens (tertiary/aromatic N) is 3. The largest absolute Gasteiger partial charge is 0.339 e. The van der Waals surface area contributed by atoms with Gasteiger partial charge in [-0.15, -0.1) is 0 Å². The highest BCUT2D eigenvalue weighted by molar-refractivity contribution is 5.91. The third-order valence-corrected chi connectivity index (χ3v) is 5.75. The molecule has 0 radical (unpaired) electrons. The van der Waals surface area contributed by atoms with E-state index in [0.717, 1.165) is 43.4 Å². The Bertz CT molecular complexity index is 1000. The second-order valence-electron chi connectivity index (χ2n) is 7.91. The Morgan fingerprint density at radius 2 is 1.79 bits per heavy atom. The summed E-state index contributed by atoms with van der Waals surface area (Å²) in [7, 11) is 0. The lowest BCUT2D eigenvalue weighted by molar-refractivity contribution is -0.127. The third-order valence-electron chi connectivity index (χ3n) is 5.75. The molecule has 0 aliphatic carbocycles. The Morgan fingerprint density at radius 1 is 1.07 bits per heavy atom. The maximum atomic E-state index is 12.5. The van der Waals surface area contributed by atoms with Crippen LogP contribution in [0, 0.1) is 12.8 Å². The summed E-state index contributed by atoms with van der Waals surface area (Å²) in [5.41, 5.74) is 5.14. The van der Waals surface area contributed by atoms with Crippen molar-refractivity contribution in [1.29, 1.82) is 0 Å². The second kappa shape index (κ2) is 8.99. The van der Waals surface area contributed by atoms with Gasteiger partial charge >= 0.3 is 0 Å². The number of aryl methyl sites for hydroxylation is 2. The summed E-state index contributed by atoms with van der Waals surface area (Å²) in [6, 6.07) is 16.6. The van der Waals surface area contributed by atoms with E-state index in [1.165, 1.54) is 17.5 Å². The molecule has 0 unspecified atom stereocenters. The number of amides is 1. The fourth-order valence-corrected chi connectivity index (χ4v) is 3.88. The lowest BCUT2D eigenvalue weighted by Gasteiger charge is -2.31. The first-order valence-corrected chi connectivity index (χ1v) is 10.4. The number of likely N-dealkylation sites (tertiary alicyclic amines) is 1. The molecular weight excluding hydrogens is 358 g/mol. The van der Waals surface area contributed by atoms with Crippen LogP contribution in [-0.4, -0.2) is 33.9 Å². The molecule has 0 bridgehead atoms. The molecule has 148 valence electrons. The van der Waals surface area contributed by atoms with Gasteiger partial charge in [-0.3, -0.25) is 9.78 Å². The van der Waals surface area contributed by atoms with Crippen molar-refractivity contribution in [3.8, 4) is 0 Å². The van der Waals surface area contributed by atoms with E-state index in [0.29, 0.717) is 11.6 Å². The maximum Gasteiger partial charge on any atom is 0.246 e. The van der Waals surface area contributed by atoms with Crippen molar-refractivity contribution in [3.05, 3.63) is 77.6 Å². The Balaban J connectivity index is 1.27. The van der Waals surface area contributed by atoms with Crippen LogP contribution in [0.25, 0.3) is 17.1 Å². The van der Waals surface area contributed by atoms with Gasteiger partial charge in [0.15, 0.2) is 0 Å². The summed E-state index contributed by atoms with van der Waals surface area (Å²) < 4.78 is 0. The van der Waals surface area contributed by atoms with Crippen molar-refractivity contribution in [2.24, 2.45) is 5.92 Å². The smallest absolute Gasteiger partial charge is 0.246 e. The quantitative estimate of drug-likeness (QED) is 0.592. The van der Waals surface area contributed by atoms with Crippen LogP contribution < -0.4 is 0 Å². The van der Waals surface area contributed by atoms with Crippen LogP contribution in [-0.2, 0) is 11.2 Å². The minimum Gasteiger partial charge on any atom is -0.339 e. The zero-order chi connectivity index (χ0) is 20.1. The molecule has 1 fully saturated rings. The molecular formula is C25H27N3O. The summed E-state index contributed by atoms with van der Waals surface area (Å²) in [6.07, 6.45) is 9.61. The fraction of sp³-hybridized carbons (Fsp3) is 0.320. The summed E-state index contributed by atoms with van der Waals surface area (Å²) in [5, 5.41) is 0. The van der Waals surface area contributed by atoms with Crippen LogP contribution in [0.15, 0.2) is 60.8 Å². The van der Waals surface area contributed by atoms with Gasteiger partial charge in [-0.1, -0.05) is 42.0 Å². The van der Waals surface area contributed by atoms with Crippen molar-refractivity contribution >= 4 is 23.0 Å². The van der Waals surface area contributed by atoms with E-state index in [4.69, 9.17) is 0 Å². The van der Waals surface area contributed by atoms with Gasteiger partial charge in [0.25, 0.3) is 0 Å². The van der Waals surface area contributed by atoms with E-state index in [1.54, 1.807) is 18.3 Å². The number of piperidine rings is 1. The molecule has 4 heteroatoms. The number of hydrogen-bond acceptors (Lipinski definition) is 3. The van der Waals surface area contributed by atoms with Crippen molar-refractivity contribution in [1.82, 2.24) is 14.9 Å². The Kier molecular flexibility index (Phi) is 5.99. The van der Waals surface area contributed by atoms with Crippen LogP contribution in [0.3, 0.4) is 0 Å². The zero-order valence-corrected chi connectivity index (χ0v) is 16.9. The molecule has 1 saturated heterocycles. The standard InChI is InChI=1S/C25H27N3O/c1-19-6-8-20(9-7-19)10-11-21-14-16-28(17-15-21)25(29)13-12-22-18-26-23-4-2-3-5-24(23)27-22/h2-9,12-13,18,21H,10-11,14-17H2,1H3/b13-12+. The molecule has 0 atom stereocenters. The van der Waals surface area contributed by atoms with Crippen molar-refractivity contribution in [2.45, 2.75) is 32.6 Å². The molecule has 0 spiro atoms. The van der Waals surface area contributed by atoms with E-state index in [2.05, 4.69) is 41.2 Å². The van der Waals surface area contributed by atoms with Gasteiger partial charge in [0, 0.05) is 19.2 Å². The molecule has 2 heterocycles. The number of hydrogen-bond donors (Lipinski definition) is 0. The van der Waals surface area contributed by atoms with Gasteiger partial charge in [0.2, 0.25) is 5.91 Å². The minimum atomic E-state index is 0.0666. The Labute approximate surface area is 172 Å². The highest BCUT2D eigenvalue weighted by Crippen LogP contribution is 2.23. The van der Waals surface area contributed by atoms with Gasteiger partial charge in [0.1, 0.15) is 0 Å². The molecule has 1 aromatic heterocycles. The van der Waals surface area contributed by atoms with Crippen LogP contribution in [0.5, 0.6) is 0 Å². The van der Waals surface area contributed by atoms with E-state index in [1.807, 2.05) is 29.2 Å². The molecule has 4 nitrogen and oxygen atoms in total. The number of rotatable bonds is 5. The summed E-state index contributed by atoms with van der Waals surface area (Å²) in [5.74, 6) is 0.771. The molecule has 1 amide bonds. The zero-order valence-electron chi connectivity index (χ0n) is 16.9. The number of aromatic nitrogens is 2. The number of fused-ring (bicyclic) bond motifs is 1. The number of carbonyl (C=O) groups excluding carboxylic acids is 1. The molecule has 29 heavy (non-hydrogen) atoms. The monoisotopic (exact) mass is 385 g/mol. The van der Waals surface area contributed by atoms with Gasteiger partial charge in [-0.25, -0.2) is 4.98 Å². The van der Waals surface area contributed by atoms with Crippen LogP contribution in [0.1, 0.15) is 36.1 Å². The van der Waals surface area contributed by atoms with Crippen LogP contribution >= 0.6 is 0 Å². The first kappa shape index (κ1) is 19.3. The topological polar surface area (TPSA) is 46.1 Å². The highest BCUT2D eigenvalue weighted by Gasteiger charge is 2.21. The Hall–Kier alpha value is -3.01. The molecule has 1 aliphatic heterocycles. The van der Waals surface area contributed by atoms with Crippen molar-refractivity contribution < 1.29 is 4.79 Å². The van der Waals surface area contributed by atoms with E-state index < -0.39 is 0 Å². The second-order valence-corrected chi connectivity index (χ2v) is 7.91. The molecule has 0 N–H and O–H groups in total. The average molecular weight is 386 g/mol. The fourth-order valence-electron chi connectivity index (χ4n) is 3.88. The van der Waals surface area contributed by atoms with E-state index >= 15 is 0 Å². The van der Waals surface area contributed by atoms with Crippen LogP contribution in [0.2, 0.25) is 0 Å². The number of para-hydroxylation sites is 2. The lowest BCUT2D eigenvalue weighted by atomic mass is 9.90. The SMILES string of the molecule is Cc1ccc(CCC2CCN(C(=O)/C=C/c3cnc4ccccc4n3)CC2)cc1. The van der Waals surface area contributed by atoms with E-state index in [9.17, 15) is 4.79 Å². The summed E-state index contributed by atoms with van der Waals surface area (Å²) in [6.45, 7) is 3.80. The molecule has 4 rings (SSSR count). The molecule has 2 aromatic carbocycles. The number of benzene rings is 2. The first-order chi connectivity index (χ1) is 14.2. The predicted molar refractivity (Wildman–Crippen MR) is 117 cm³/mol. The highest BCUT2D eigenvalue weighted by atomic mass is 16.2. The minimum absolute atomic E-state index is 0.0666. The molecule has 3 aromatic rings. The predicted octanol–water partition coefficient (Wildman–Crippen LogP) is 4.82. The third kappa shape index (κ3) is 5.08. The van der Waals surface area contributed by atoms with Gasteiger partial charge in [-0.05, 0) is 62.3 Å². The van der Waals surface area contributed by atoms with E-state index in [-0.39, 0.29) is 5.91 Å². The first-order valence-electron chi connectivity index (χ1n) is 10.4. The van der Waals surface area contributed by atoms with Crippen LogP contribution in [0.4, 0.5) is 0 Å². The summed E-state index contributed by atoms with van der Waals surface area (Å²) >= 11 is 0. The maximum absolute atomic E-state index is 12.5. The normalized spacial score (nSPS) is 15.3. The lowest BCUT2D eigenvalue weighted by Crippen LogP contribution is -2.37. The number of carbonyl (C=O) groups is 1. The van der Waals surface area contributed by atoms with Gasteiger partial charge < -0.3 is 4.90 Å². The van der Waals surface area contributed by atoms with Crippen molar-refractivity contribution in [3.63, 3.8) is 0 Å². The Morgan fingerprint density at radius 3 is 2.55 bits per heavy atom. The van der Waals surface area contributed by atoms with Gasteiger partial charge in [-0.2, -0.15) is 0 Å². The average Bonchev–Trinajstić information content (AvgIpc) is 2.77. The van der Waals surface area contributed by atoms with Gasteiger partial charge in [0.05, 0.1) is 22.9 Å². The molecule has 0 saturated carbocycles. The molecule has 1 aliphatic rings. The summed E-state index contributed by atoms with van der Waals surface area (Å²) in [4.78, 5) is 23.4. The van der Waals surface area contributed by atoms with Crippen molar-refractivity contribution in [2.75, 3.05) is 13.1 Å².